The number of aliphatic hydroxyl groups excluding tert-OH is 3. The van der Waals surface area contributed by atoms with Crippen molar-refractivity contribution in [2.45, 2.75) is 221 Å². The predicted octanol–water partition coefficient (Wildman–Crippen LogP) is 4.41. The van der Waals surface area contributed by atoms with Crippen molar-refractivity contribution in [2.75, 3.05) is 61.4 Å². The smallest absolute Gasteiger partial charge is 0.246 e. The molecule has 2 fully saturated rings. The number of benzene rings is 2. The predicted molar refractivity (Wildman–Crippen MR) is 392 cm³/mol. The van der Waals surface area contributed by atoms with E-state index in [2.05, 4.69) is 47.4 Å². The van der Waals surface area contributed by atoms with Crippen molar-refractivity contribution in [3.05, 3.63) is 96.1 Å². The minimum Gasteiger partial charge on any atom is -0.391 e. The molecule has 2 heterocycles. The number of rotatable bonds is 16. The van der Waals surface area contributed by atoms with Crippen LogP contribution in [0.25, 0.3) is 0 Å². The number of amides is 9. The number of β-amino-alcohol motifs (C(OH)–C–C–N with tert-alkyl or cyclic N) is 1. The van der Waals surface area contributed by atoms with Crippen molar-refractivity contribution >= 4 is 64.7 Å². The Morgan fingerprint density at radius 1 is 0.696 bits per heavy atom. The molecule has 2 aromatic carbocycles. The fourth-order valence-electron chi connectivity index (χ4n) is 13.1. The lowest BCUT2D eigenvalue weighted by Gasteiger charge is -2.39. The van der Waals surface area contributed by atoms with Crippen molar-refractivity contribution in [1.82, 2.24) is 56.0 Å². The molecule has 568 valence electrons. The molecule has 5 rings (SSSR count). The summed E-state index contributed by atoms with van der Waals surface area (Å²) in [6.07, 6.45) is 4.47. The van der Waals surface area contributed by atoms with E-state index in [9.17, 15) is 53.7 Å². The Hall–Kier alpha value is -7.71. The van der Waals surface area contributed by atoms with Gasteiger partial charge in [-0.25, -0.2) is 0 Å². The molecular weight excluding hydrogens is 1300 g/mol. The molecule has 25 nitrogen and oxygen atoms in total. The number of aliphatic hydroxyl groups is 3. The van der Waals surface area contributed by atoms with E-state index in [0.717, 1.165) is 35.0 Å². The Bertz CT molecular complexity index is 3140. The molecule has 2 saturated heterocycles. The van der Waals surface area contributed by atoms with E-state index in [1.807, 2.05) is 38.2 Å². The number of carbonyl (C=O) groups excluding carboxylic acids is 11. The first kappa shape index (κ1) is 86.7. The topological polar surface area (TPSA) is 328 Å². The Balaban J connectivity index is 0.00000536. The molecule has 2 aliphatic heterocycles. The van der Waals surface area contributed by atoms with Gasteiger partial charge in [0.1, 0.15) is 54.5 Å². The third-order valence-corrected chi connectivity index (χ3v) is 19.1. The molecule has 102 heavy (non-hydrogen) atoms. The summed E-state index contributed by atoms with van der Waals surface area (Å²) < 4.78 is 0. The highest BCUT2D eigenvalue weighted by molar-refractivity contribution is 5.99. The normalized spacial score (nSPS) is 26.2. The molecule has 0 radical (unpaired) electrons. The lowest BCUT2D eigenvalue weighted by Crippen LogP contribution is -2.63. The van der Waals surface area contributed by atoms with Gasteiger partial charge < -0.3 is 61.1 Å². The number of allylic oxidation sites excluding steroid dienone is 4. The average molecular weight is 1420 g/mol. The van der Waals surface area contributed by atoms with Gasteiger partial charge in [-0.1, -0.05) is 154 Å². The summed E-state index contributed by atoms with van der Waals surface area (Å²) in [4.78, 5) is 169. The lowest BCUT2D eigenvalue weighted by molar-refractivity contribution is -0.146. The second kappa shape index (κ2) is 42.2. The van der Waals surface area contributed by atoms with Gasteiger partial charge in [0.2, 0.25) is 53.2 Å². The molecule has 0 spiro atoms. The van der Waals surface area contributed by atoms with Gasteiger partial charge in [-0.3, -0.25) is 63.0 Å². The van der Waals surface area contributed by atoms with E-state index in [4.69, 9.17) is 0 Å². The van der Waals surface area contributed by atoms with E-state index >= 15 is 14.4 Å². The van der Waals surface area contributed by atoms with E-state index in [1.54, 1.807) is 100 Å². The standard InChI is InChI=1S/C73H111N11O14.C4H10/c1-44(2)35-56-69(94)78-63(49(9)85)73(98)82(13)57(38-51-29-21-16-22-30-51)67(92)74-42-60(88)79(10)43-61(89)83(14)64(46(5)6)59(87)40-53(37-50-27-19-15-20-28-50)66(91)76-55(41-54(86)36-47(7)65(90)77-62(45(3)4)72(97)81(56)12)71(96)80(11)58(39-52-31-23-17-24-32-52)68(93)75-48(8)70(95)84-33-25-18-26-34-84;1-4(2)3/h15-17,19-24,27,29-32,44-50,53,55-58,61-64,69,78,85,89,94H,18,25-26,28,33-43H2,1-14H3,(H,74,92)(H,75,93)(H,76,91)(H,77,90);4H,1-3H3/t47-,48-,49+,50?,53+,55-,56-,57-,58-,61?,62-,63-,64-,69?;/m0./s1. The highest BCUT2D eigenvalue weighted by Gasteiger charge is 2.43. The molecule has 0 saturated carbocycles. The van der Waals surface area contributed by atoms with Crippen LogP contribution in [-0.2, 0) is 65.6 Å². The monoisotopic (exact) mass is 1420 g/mol. The van der Waals surface area contributed by atoms with E-state index in [-0.39, 0.29) is 50.0 Å². The second-order valence-electron chi connectivity index (χ2n) is 30.0. The summed E-state index contributed by atoms with van der Waals surface area (Å²) in [5, 5.41) is 49.2. The summed E-state index contributed by atoms with van der Waals surface area (Å²) >= 11 is 0. The number of likely N-dealkylation sites (tertiary alicyclic amines) is 1. The maximum Gasteiger partial charge on any atom is 0.246 e. The summed E-state index contributed by atoms with van der Waals surface area (Å²) in [5.74, 6) is -10.3. The van der Waals surface area contributed by atoms with Crippen molar-refractivity contribution in [2.24, 2.45) is 41.4 Å². The van der Waals surface area contributed by atoms with Gasteiger partial charge >= 0.3 is 0 Å². The highest BCUT2D eigenvalue weighted by Crippen LogP contribution is 2.28. The van der Waals surface area contributed by atoms with Crippen LogP contribution < -0.4 is 26.6 Å². The number of Topliss-reactive ketones (excluding diaryl/α,β-unsaturated/α-hetero) is 2. The van der Waals surface area contributed by atoms with Crippen LogP contribution in [0.1, 0.15) is 152 Å². The maximum atomic E-state index is 15.5. The molecule has 25 heteroatoms. The van der Waals surface area contributed by atoms with E-state index in [0.29, 0.717) is 30.6 Å². The van der Waals surface area contributed by atoms with Gasteiger partial charge in [-0.05, 0) is 100 Å². The zero-order valence-corrected chi connectivity index (χ0v) is 63.6. The molecule has 0 aromatic heterocycles. The van der Waals surface area contributed by atoms with Gasteiger partial charge in [0.05, 0.1) is 31.3 Å². The number of hydrogen-bond acceptors (Lipinski definition) is 16. The molecular formula is C77H121N11O14. The van der Waals surface area contributed by atoms with Gasteiger partial charge in [0.15, 0.2) is 5.78 Å². The number of nitrogens with one attached hydrogen (secondary N) is 5. The number of nitrogens with zero attached hydrogens (tertiary/aromatic N) is 6. The fourth-order valence-corrected chi connectivity index (χ4v) is 13.1. The van der Waals surface area contributed by atoms with Crippen molar-refractivity contribution in [3.63, 3.8) is 0 Å². The first-order chi connectivity index (χ1) is 47.9. The molecule has 9 amide bonds. The van der Waals surface area contributed by atoms with Crippen LogP contribution in [0.5, 0.6) is 0 Å². The average Bonchev–Trinajstić information content (AvgIpc) is 0.840. The van der Waals surface area contributed by atoms with Gasteiger partial charge in [-0.15, -0.1) is 0 Å². The van der Waals surface area contributed by atoms with E-state index in [1.165, 1.54) is 63.8 Å². The van der Waals surface area contributed by atoms with Crippen LogP contribution in [0, 0.1) is 41.4 Å². The van der Waals surface area contributed by atoms with Crippen LogP contribution in [0.3, 0.4) is 0 Å². The Morgan fingerprint density at radius 3 is 1.83 bits per heavy atom. The number of hydrogen-bond donors (Lipinski definition) is 8. The summed E-state index contributed by atoms with van der Waals surface area (Å²) in [6, 6.07) is 7.41. The van der Waals surface area contributed by atoms with Gasteiger partial charge in [-0.2, -0.15) is 0 Å². The Morgan fingerprint density at radius 2 is 1.28 bits per heavy atom. The van der Waals surface area contributed by atoms with Crippen LogP contribution in [0.15, 0.2) is 85.0 Å². The molecule has 2 aromatic rings. The van der Waals surface area contributed by atoms with E-state index < -0.39 is 175 Å². The third kappa shape index (κ3) is 26.8. The quantitative estimate of drug-likeness (QED) is 0.115. The molecule has 8 N–H and O–H groups in total. The summed E-state index contributed by atoms with van der Waals surface area (Å²) in [7, 11) is 7.06. The molecule has 1 aliphatic carbocycles. The van der Waals surface area contributed by atoms with Crippen molar-refractivity contribution in [3.8, 4) is 0 Å². The van der Waals surface area contributed by atoms with Crippen LogP contribution in [-0.4, -0.2) is 238 Å². The van der Waals surface area contributed by atoms with Crippen LogP contribution >= 0.6 is 0 Å². The minimum absolute atomic E-state index is 0.0450. The number of likely N-dealkylation sites (N-methyl/N-ethyl adjacent to an activating group) is 5. The van der Waals surface area contributed by atoms with Crippen molar-refractivity contribution in [1.29, 1.82) is 0 Å². The Kier molecular flexibility index (Phi) is 35.8. The highest BCUT2D eigenvalue weighted by atomic mass is 16.3. The van der Waals surface area contributed by atoms with Crippen LogP contribution in [0.2, 0.25) is 0 Å². The molecule has 0 bridgehead atoms. The summed E-state index contributed by atoms with van der Waals surface area (Å²) in [5.41, 5.74) is 1.30. The van der Waals surface area contributed by atoms with Crippen molar-refractivity contribution < 1.29 is 68.1 Å². The lowest BCUT2D eigenvalue weighted by atomic mass is 9.83. The van der Waals surface area contributed by atoms with Gasteiger partial charge in [0, 0.05) is 85.2 Å². The molecule has 14 atom stereocenters. The number of ketones is 2. The summed E-state index contributed by atoms with van der Waals surface area (Å²) in [6.45, 7) is 21.6. The third-order valence-electron chi connectivity index (χ3n) is 19.1. The zero-order chi connectivity index (χ0) is 76.4. The number of piperidine rings is 1. The first-order valence-electron chi connectivity index (χ1n) is 36.4. The van der Waals surface area contributed by atoms with Crippen LogP contribution in [0.4, 0.5) is 0 Å². The second-order valence-corrected chi connectivity index (χ2v) is 30.0. The Labute approximate surface area is 605 Å². The first-order valence-corrected chi connectivity index (χ1v) is 36.4. The largest absolute Gasteiger partial charge is 0.391 e. The maximum absolute atomic E-state index is 15.5. The SMILES string of the molecule is CC(C)C.CC(C)C[C@H]1C(O)N[C@@H]([C@@H](C)O)C(=O)N(C)[C@@H](Cc2ccccc2)C(=O)NCC(=O)N(C)CC(O)N(C)[C@@H](C(C)C)C(=O)C[C@@H](CC2C=CC=CC2)C(=O)N[C@H](C(=O)N(C)[C@@H](Cc2ccccc2)C(=O)N[C@@H](C)C(=O)N2CCCCC2)CC(=O)C[C@H](C)C(=O)N[C@@H](C(C)C)C(=O)N1C. The minimum atomic E-state index is -1.70. The van der Waals surface area contributed by atoms with Gasteiger partial charge in [0.25, 0.3) is 0 Å². The zero-order valence-electron chi connectivity index (χ0n) is 63.6. The fraction of sp³-hybridized carbons (Fsp3) is 0.649. The molecule has 3 aliphatic rings. The molecule has 3 unspecified atom stereocenters. The number of carbonyl (C=O) groups is 11.